The lowest BCUT2D eigenvalue weighted by atomic mass is 10.1. The Morgan fingerprint density at radius 2 is 2.19 bits per heavy atom. The molecular weight excluding hydrogens is 266 g/mol. The highest BCUT2D eigenvalue weighted by atomic mass is 79.9. The summed E-state index contributed by atoms with van der Waals surface area (Å²) < 4.78 is 8.77. The normalized spacial score (nSPS) is 13.1. The first-order valence-corrected chi connectivity index (χ1v) is 6.75. The standard InChI is InChI=1S/C13H22BrNO/c1-5-10(2)13-12(14)9-11(3)15(13)7-6-8-16-4/h9-10H,5-8H2,1-4H3. The number of ether oxygens (including phenoxy) is 1. The summed E-state index contributed by atoms with van der Waals surface area (Å²) in [5.74, 6) is 0.602. The summed E-state index contributed by atoms with van der Waals surface area (Å²) >= 11 is 3.67. The second-order valence-electron chi connectivity index (χ2n) is 4.33. The van der Waals surface area contributed by atoms with Crippen LogP contribution in [0.4, 0.5) is 0 Å². The number of aromatic nitrogens is 1. The highest BCUT2D eigenvalue weighted by molar-refractivity contribution is 9.10. The molecule has 0 saturated heterocycles. The highest BCUT2D eigenvalue weighted by Gasteiger charge is 2.15. The van der Waals surface area contributed by atoms with Gasteiger partial charge in [0, 0.05) is 36.1 Å². The molecule has 0 aliphatic rings. The number of methoxy groups -OCH3 is 1. The van der Waals surface area contributed by atoms with E-state index in [1.165, 1.54) is 22.3 Å². The van der Waals surface area contributed by atoms with Gasteiger partial charge in [0.15, 0.2) is 0 Å². The minimum absolute atomic E-state index is 0.602. The Bertz CT molecular complexity index is 333. The largest absolute Gasteiger partial charge is 0.385 e. The summed E-state index contributed by atoms with van der Waals surface area (Å²) in [6.45, 7) is 8.56. The van der Waals surface area contributed by atoms with Crippen molar-refractivity contribution in [3.63, 3.8) is 0 Å². The van der Waals surface area contributed by atoms with E-state index >= 15 is 0 Å². The predicted octanol–water partition coefficient (Wildman–Crippen LogP) is 4.11. The van der Waals surface area contributed by atoms with E-state index in [0.29, 0.717) is 5.92 Å². The molecule has 3 heteroatoms. The van der Waals surface area contributed by atoms with Crippen molar-refractivity contribution in [2.45, 2.75) is 46.1 Å². The predicted molar refractivity (Wildman–Crippen MR) is 72.1 cm³/mol. The van der Waals surface area contributed by atoms with Crippen LogP contribution in [0, 0.1) is 6.92 Å². The first-order chi connectivity index (χ1) is 7.61. The van der Waals surface area contributed by atoms with Crippen molar-refractivity contribution in [3.8, 4) is 0 Å². The lowest BCUT2D eigenvalue weighted by molar-refractivity contribution is 0.189. The first kappa shape index (κ1) is 13.8. The Morgan fingerprint density at radius 3 is 2.75 bits per heavy atom. The van der Waals surface area contributed by atoms with Crippen LogP contribution >= 0.6 is 15.9 Å². The van der Waals surface area contributed by atoms with Gasteiger partial charge in [0.2, 0.25) is 0 Å². The van der Waals surface area contributed by atoms with Gasteiger partial charge < -0.3 is 9.30 Å². The topological polar surface area (TPSA) is 14.2 Å². The summed E-state index contributed by atoms with van der Waals surface area (Å²) in [5, 5.41) is 0. The van der Waals surface area contributed by atoms with E-state index in [1.54, 1.807) is 7.11 Å². The van der Waals surface area contributed by atoms with Gasteiger partial charge in [0.25, 0.3) is 0 Å². The van der Waals surface area contributed by atoms with Crippen LogP contribution < -0.4 is 0 Å². The van der Waals surface area contributed by atoms with Crippen LogP contribution in [-0.2, 0) is 11.3 Å². The third-order valence-corrected chi connectivity index (χ3v) is 3.74. The van der Waals surface area contributed by atoms with E-state index in [1.807, 2.05) is 0 Å². The van der Waals surface area contributed by atoms with E-state index in [9.17, 15) is 0 Å². The maximum absolute atomic E-state index is 5.11. The van der Waals surface area contributed by atoms with Gasteiger partial charge in [-0.15, -0.1) is 0 Å². The van der Waals surface area contributed by atoms with E-state index in [4.69, 9.17) is 4.74 Å². The molecule has 0 spiro atoms. The Hall–Kier alpha value is -0.280. The van der Waals surface area contributed by atoms with Crippen molar-refractivity contribution >= 4 is 15.9 Å². The molecule has 0 radical (unpaired) electrons. The van der Waals surface area contributed by atoms with Gasteiger partial charge in [-0.05, 0) is 47.7 Å². The molecule has 1 unspecified atom stereocenters. The molecule has 1 aromatic heterocycles. The van der Waals surface area contributed by atoms with Crippen molar-refractivity contribution in [2.75, 3.05) is 13.7 Å². The van der Waals surface area contributed by atoms with Gasteiger partial charge in [-0.2, -0.15) is 0 Å². The molecule has 0 bridgehead atoms. The van der Waals surface area contributed by atoms with Crippen molar-refractivity contribution in [2.24, 2.45) is 0 Å². The van der Waals surface area contributed by atoms with Crippen LogP contribution in [0.15, 0.2) is 10.5 Å². The third kappa shape index (κ3) is 3.11. The molecule has 0 fully saturated rings. The van der Waals surface area contributed by atoms with Crippen molar-refractivity contribution < 1.29 is 4.74 Å². The molecular formula is C13H22BrNO. The number of rotatable bonds is 6. The zero-order valence-corrected chi connectivity index (χ0v) is 12.3. The number of halogens is 1. The average molecular weight is 288 g/mol. The molecule has 1 atom stereocenters. The summed E-state index contributed by atoms with van der Waals surface area (Å²) in [6, 6.07) is 2.22. The Labute approximate surface area is 107 Å². The van der Waals surface area contributed by atoms with Crippen LogP contribution in [0.5, 0.6) is 0 Å². The van der Waals surface area contributed by atoms with Gasteiger partial charge in [-0.1, -0.05) is 13.8 Å². The Kier molecular flexibility index (Phi) is 5.56. The van der Waals surface area contributed by atoms with Gasteiger partial charge >= 0.3 is 0 Å². The molecule has 0 saturated carbocycles. The minimum Gasteiger partial charge on any atom is -0.385 e. The SMILES string of the molecule is CCC(C)c1c(Br)cc(C)n1CCCOC. The highest BCUT2D eigenvalue weighted by Crippen LogP contribution is 2.30. The number of hydrogen-bond acceptors (Lipinski definition) is 1. The molecule has 1 heterocycles. The average Bonchev–Trinajstić information content (AvgIpc) is 2.53. The Balaban J connectivity index is 2.87. The molecule has 0 N–H and O–H groups in total. The third-order valence-electron chi connectivity index (χ3n) is 3.11. The van der Waals surface area contributed by atoms with Gasteiger partial charge in [-0.3, -0.25) is 0 Å². The Morgan fingerprint density at radius 1 is 1.50 bits per heavy atom. The molecule has 2 nitrogen and oxygen atoms in total. The fourth-order valence-corrected chi connectivity index (χ4v) is 2.95. The van der Waals surface area contributed by atoms with E-state index in [2.05, 4.69) is 47.3 Å². The van der Waals surface area contributed by atoms with Crippen LogP contribution in [0.3, 0.4) is 0 Å². The van der Waals surface area contributed by atoms with Crippen LogP contribution in [0.1, 0.15) is 44.0 Å². The van der Waals surface area contributed by atoms with E-state index in [-0.39, 0.29) is 0 Å². The zero-order chi connectivity index (χ0) is 12.1. The molecule has 0 aliphatic heterocycles. The molecule has 0 aromatic carbocycles. The molecule has 92 valence electrons. The lowest BCUT2D eigenvalue weighted by Crippen LogP contribution is -2.09. The second-order valence-corrected chi connectivity index (χ2v) is 5.18. The molecule has 1 rings (SSSR count). The summed E-state index contributed by atoms with van der Waals surface area (Å²) in [4.78, 5) is 0. The van der Waals surface area contributed by atoms with Crippen molar-refractivity contribution in [3.05, 3.63) is 21.9 Å². The smallest absolute Gasteiger partial charge is 0.0479 e. The van der Waals surface area contributed by atoms with Crippen LogP contribution in [-0.4, -0.2) is 18.3 Å². The number of hydrogen-bond donors (Lipinski definition) is 0. The summed E-state index contributed by atoms with van der Waals surface area (Å²) in [5.41, 5.74) is 2.76. The molecule has 1 aromatic rings. The fourth-order valence-electron chi connectivity index (χ4n) is 2.01. The fraction of sp³-hybridized carbons (Fsp3) is 0.692. The van der Waals surface area contributed by atoms with Crippen LogP contribution in [0.2, 0.25) is 0 Å². The van der Waals surface area contributed by atoms with Crippen molar-refractivity contribution in [1.29, 1.82) is 0 Å². The van der Waals surface area contributed by atoms with Gasteiger partial charge in [0.05, 0.1) is 0 Å². The molecule has 0 amide bonds. The summed E-state index contributed by atoms with van der Waals surface area (Å²) in [6.07, 6.45) is 2.24. The van der Waals surface area contributed by atoms with Gasteiger partial charge in [-0.25, -0.2) is 0 Å². The van der Waals surface area contributed by atoms with Crippen LogP contribution in [0.25, 0.3) is 0 Å². The van der Waals surface area contributed by atoms with E-state index in [0.717, 1.165) is 19.6 Å². The lowest BCUT2D eigenvalue weighted by Gasteiger charge is -2.16. The van der Waals surface area contributed by atoms with Crippen molar-refractivity contribution in [1.82, 2.24) is 4.57 Å². The van der Waals surface area contributed by atoms with Gasteiger partial charge in [0.1, 0.15) is 0 Å². The van der Waals surface area contributed by atoms with E-state index < -0.39 is 0 Å². The second kappa shape index (κ2) is 6.45. The monoisotopic (exact) mass is 287 g/mol. The summed E-state index contributed by atoms with van der Waals surface area (Å²) in [7, 11) is 1.76. The minimum atomic E-state index is 0.602. The molecule has 0 aliphatic carbocycles. The zero-order valence-electron chi connectivity index (χ0n) is 10.7. The first-order valence-electron chi connectivity index (χ1n) is 5.96. The number of nitrogens with zero attached hydrogens (tertiary/aromatic N) is 1. The molecule has 16 heavy (non-hydrogen) atoms. The maximum Gasteiger partial charge on any atom is 0.0479 e. The number of aryl methyl sites for hydroxylation is 1. The quantitative estimate of drug-likeness (QED) is 0.719. The maximum atomic E-state index is 5.11.